The van der Waals surface area contributed by atoms with Gasteiger partial charge in [0.25, 0.3) is 0 Å². The summed E-state index contributed by atoms with van der Waals surface area (Å²) in [5, 5.41) is 18.7. The maximum absolute atomic E-state index is 12.5. The molecule has 21 heavy (non-hydrogen) atoms. The molecule has 1 unspecified atom stereocenters. The first-order chi connectivity index (χ1) is 9.38. The highest BCUT2D eigenvalue weighted by molar-refractivity contribution is 7.89. The van der Waals surface area contributed by atoms with Crippen molar-refractivity contribution in [2.75, 3.05) is 0 Å². The highest BCUT2D eigenvalue weighted by Gasteiger charge is 2.31. The molecule has 0 aliphatic rings. The Balaban J connectivity index is 3.42. The van der Waals surface area contributed by atoms with Gasteiger partial charge in [-0.25, -0.2) is 17.9 Å². The molecule has 7 heteroatoms. The van der Waals surface area contributed by atoms with Crippen LogP contribution in [0.2, 0.25) is 0 Å². The Kier molecular flexibility index (Phi) is 4.82. The van der Waals surface area contributed by atoms with Crippen LogP contribution in [0.4, 0.5) is 0 Å². The molecule has 6 nitrogen and oxygen atoms in total. The number of carboxylic acids is 1. The number of rotatable bonds is 5. The second kappa shape index (κ2) is 5.75. The summed E-state index contributed by atoms with van der Waals surface area (Å²) in [5.41, 5.74) is -0.106. The molecule has 3 N–H and O–H groups in total. The van der Waals surface area contributed by atoms with Gasteiger partial charge in [0.05, 0.1) is 22.1 Å². The molecule has 1 rings (SSSR count). The number of hydrogen-bond acceptors (Lipinski definition) is 4. The normalized spacial score (nSPS) is 14.0. The number of hydrogen-bond donors (Lipinski definition) is 3. The van der Waals surface area contributed by atoms with Crippen molar-refractivity contribution >= 4 is 16.0 Å². The lowest BCUT2D eigenvalue weighted by Crippen LogP contribution is -2.50. The van der Waals surface area contributed by atoms with Crippen molar-refractivity contribution in [2.24, 2.45) is 0 Å². The number of sulfonamides is 1. The minimum Gasteiger partial charge on any atom is -0.478 e. The van der Waals surface area contributed by atoms with E-state index in [1.165, 1.54) is 13.0 Å². The second-order valence-electron chi connectivity index (χ2n) is 5.72. The number of aliphatic hydroxyl groups excluding tert-OH is 1. The van der Waals surface area contributed by atoms with Crippen LogP contribution in [0, 0.1) is 13.8 Å². The fraction of sp³-hybridized carbons (Fsp3) is 0.500. The van der Waals surface area contributed by atoms with Crippen molar-refractivity contribution in [3.8, 4) is 0 Å². The standard InChI is InChI=1S/C14H21NO5S/c1-8-6-11(13(17)18)7-12(9(8)2)21(19,20)15-14(4,5)10(3)16/h6-7,10,15-16H,1-5H3,(H,17,18). The lowest BCUT2D eigenvalue weighted by Gasteiger charge is -2.29. The molecule has 0 saturated carbocycles. The van der Waals surface area contributed by atoms with E-state index >= 15 is 0 Å². The Morgan fingerprint density at radius 1 is 1.29 bits per heavy atom. The first-order valence-electron chi connectivity index (χ1n) is 6.45. The van der Waals surface area contributed by atoms with Crippen LogP contribution in [-0.4, -0.2) is 36.2 Å². The van der Waals surface area contributed by atoms with E-state index < -0.39 is 27.6 Å². The fourth-order valence-corrected chi connectivity index (χ4v) is 3.54. The van der Waals surface area contributed by atoms with Gasteiger partial charge in [0.15, 0.2) is 0 Å². The zero-order valence-corrected chi connectivity index (χ0v) is 13.6. The highest BCUT2D eigenvalue weighted by atomic mass is 32.2. The second-order valence-corrected chi connectivity index (χ2v) is 7.38. The topological polar surface area (TPSA) is 104 Å². The first kappa shape index (κ1) is 17.6. The van der Waals surface area contributed by atoms with E-state index in [4.69, 9.17) is 5.11 Å². The maximum Gasteiger partial charge on any atom is 0.335 e. The number of aryl methyl sites for hydroxylation is 1. The van der Waals surface area contributed by atoms with Crippen LogP contribution < -0.4 is 4.72 Å². The van der Waals surface area contributed by atoms with E-state index in [0.29, 0.717) is 11.1 Å². The van der Waals surface area contributed by atoms with E-state index in [0.717, 1.165) is 6.07 Å². The molecule has 118 valence electrons. The molecule has 0 radical (unpaired) electrons. The van der Waals surface area contributed by atoms with Gasteiger partial charge in [0, 0.05) is 0 Å². The van der Waals surface area contributed by atoms with Gasteiger partial charge in [0.1, 0.15) is 0 Å². The predicted octanol–water partition coefficient (Wildman–Crippen LogP) is 1.44. The molecule has 1 aromatic carbocycles. The molecule has 0 heterocycles. The van der Waals surface area contributed by atoms with E-state index in [1.807, 2.05) is 0 Å². The zero-order chi connectivity index (χ0) is 16.6. The predicted molar refractivity (Wildman–Crippen MR) is 79.0 cm³/mol. The van der Waals surface area contributed by atoms with Crippen molar-refractivity contribution in [1.29, 1.82) is 0 Å². The third kappa shape index (κ3) is 3.81. The maximum atomic E-state index is 12.5. The smallest absolute Gasteiger partial charge is 0.335 e. The summed E-state index contributed by atoms with van der Waals surface area (Å²) < 4.78 is 27.4. The SMILES string of the molecule is Cc1cc(C(=O)O)cc(S(=O)(=O)NC(C)(C)C(C)O)c1C. The fourth-order valence-electron chi connectivity index (χ4n) is 1.72. The van der Waals surface area contributed by atoms with Crippen molar-refractivity contribution in [3.63, 3.8) is 0 Å². The number of aromatic carboxylic acids is 1. The van der Waals surface area contributed by atoms with E-state index in [9.17, 15) is 18.3 Å². The largest absolute Gasteiger partial charge is 0.478 e. The molecule has 1 atom stereocenters. The van der Waals surface area contributed by atoms with Gasteiger partial charge in [-0.15, -0.1) is 0 Å². The van der Waals surface area contributed by atoms with Gasteiger partial charge in [-0.1, -0.05) is 0 Å². The van der Waals surface area contributed by atoms with E-state index in [2.05, 4.69) is 4.72 Å². The molecule has 0 aliphatic heterocycles. The summed E-state index contributed by atoms with van der Waals surface area (Å²) in [4.78, 5) is 11.0. The molecule has 1 aromatic rings. The molecule has 0 fully saturated rings. The minimum atomic E-state index is -3.95. The Morgan fingerprint density at radius 2 is 1.81 bits per heavy atom. The summed E-state index contributed by atoms with van der Waals surface area (Å²) in [6.07, 6.45) is -0.906. The Hall–Kier alpha value is -1.44. The van der Waals surface area contributed by atoms with Crippen LogP contribution in [0.3, 0.4) is 0 Å². The average Bonchev–Trinajstić information content (AvgIpc) is 2.30. The van der Waals surface area contributed by atoms with Gasteiger partial charge >= 0.3 is 5.97 Å². The highest BCUT2D eigenvalue weighted by Crippen LogP contribution is 2.23. The van der Waals surface area contributed by atoms with Crippen LogP contribution in [0.5, 0.6) is 0 Å². The van der Waals surface area contributed by atoms with Crippen molar-refractivity contribution in [2.45, 2.75) is 51.2 Å². The van der Waals surface area contributed by atoms with Crippen LogP contribution in [0.25, 0.3) is 0 Å². The Morgan fingerprint density at radius 3 is 2.24 bits per heavy atom. The summed E-state index contributed by atoms with van der Waals surface area (Å²) in [6.45, 7) is 7.86. The molecule has 0 spiro atoms. The van der Waals surface area contributed by atoms with E-state index in [1.54, 1.807) is 27.7 Å². The zero-order valence-electron chi connectivity index (χ0n) is 12.8. The van der Waals surface area contributed by atoms with Crippen LogP contribution in [0.15, 0.2) is 17.0 Å². The third-order valence-corrected chi connectivity index (χ3v) is 5.40. The lowest BCUT2D eigenvalue weighted by atomic mass is 10.0. The van der Waals surface area contributed by atoms with Crippen LogP contribution in [-0.2, 0) is 10.0 Å². The van der Waals surface area contributed by atoms with Gasteiger partial charge in [-0.3, -0.25) is 0 Å². The molecule has 0 aromatic heterocycles. The van der Waals surface area contributed by atoms with Gasteiger partial charge in [-0.2, -0.15) is 0 Å². The third-order valence-electron chi connectivity index (χ3n) is 3.60. The number of aliphatic hydroxyl groups is 1. The number of carbonyl (C=O) groups is 1. The molecule has 0 saturated heterocycles. The van der Waals surface area contributed by atoms with Crippen molar-refractivity contribution in [3.05, 3.63) is 28.8 Å². The van der Waals surface area contributed by atoms with Gasteiger partial charge in [0.2, 0.25) is 10.0 Å². The number of benzene rings is 1. The van der Waals surface area contributed by atoms with Gasteiger partial charge in [-0.05, 0) is 57.9 Å². The number of nitrogens with one attached hydrogen (secondary N) is 1. The minimum absolute atomic E-state index is 0.0892. The summed E-state index contributed by atoms with van der Waals surface area (Å²) >= 11 is 0. The van der Waals surface area contributed by atoms with Crippen molar-refractivity contribution in [1.82, 2.24) is 4.72 Å². The summed E-state index contributed by atoms with van der Waals surface area (Å²) in [5.74, 6) is -1.19. The summed E-state index contributed by atoms with van der Waals surface area (Å²) in [7, 11) is -3.95. The molecule has 0 bridgehead atoms. The first-order valence-corrected chi connectivity index (χ1v) is 7.93. The average molecular weight is 315 g/mol. The molecular formula is C14H21NO5S. The van der Waals surface area contributed by atoms with Crippen molar-refractivity contribution < 1.29 is 23.4 Å². The summed E-state index contributed by atoms with van der Waals surface area (Å²) in [6, 6.07) is 2.56. The number of carboxylic acid groups (broad SMARTS) is 1. The Labute approximate surface area is 124 Å². The van der Waals surface area contributed by atoms with E-state index in [-0.39, 0.29) is 10.5 Å². The monoisotopic (exact) mass is 315 g/mol. The van der Waals surface area contributed by atoms with Gasteiger partial charge < -0.3 is 10.2 Å². The quantitative estimate of drug-likeness (QED) is 0.763. The Bertz CT molecular complexity index is 662. The van der Waals surface area contributed by atoms with Crippen LogP contribution >= 0.6 is 0 Å². The van der Waals surface area contributed by atoms with Crippen LogP contribution in [0.1, 0.15) is 42.3 Å². The molecule has 0 amide bonds. The lowest BCUT2D eigenvalue weighted by molar-refractivity contribution is 0.0696. The molecule has 0 aliphatic carbocycles. The molecular weight excluding hydrogens is 294 g/mol.